The fraction of sp³-hybridized carbons (Fsp3) is 0.526. The summed E-state index contributed by atoms with van der Waals surface area (Å²) < 4.78 is 13.0. The molecule has 0 spiro atoms. The minimum Gasteiger partial charge on any atom is -0.388 e. The van der Waals surface area contributed by atoms with Gasteiger partial charge in [-0.25, -0.2) is 4.39 Å². The molecule has 1 amide bonds. The highest BCUT2D eigenvalue weighted by atomic mass is 19.1. The second-order valence-electron chi connectivity index (χ2n) is 6.82. The van der Waals surface area contributed by atoms with Gasteiger partial charge in [-0.05, 0) is 62.1 Å². The third-order valence-corrected chi connectivity index (χ3v) is 5.08. The minimum atomic E-state index is -0.586. The molecular weight excluding hydrogens is 293 g/mol. The van der Waals surface area contributed by atoms with Crippen LogP contribution >= 0.6 is 0 Å². The monoisotopic (exact) mass is 317 g/mol. The van der Waals surface area contributed by atoms with E-state index in [1.165, 1.54) is 30.5 Å². The van der Waals surface area contributed by atoms with Crippen molar-refractivity contribution in [2.45, 2.75) is 38.7 Å². The van der Waals surface area contributed by atoms with Crippen molar-refractivity contribution in [2.24, 2.45) is 11.8 Å². The number of nitrogens with zero attached hydrogens (tertiary/aromatic N) is 1. The maximum Gasteiger partial charge on any atom is 0.246 e. The van der Waals surface area contributed by atoms with E-state index in [9.17, 15) is 14.3 Å². The molecule has 2 fully saturated rings. The molecule has 3 nitrogen and oxygen atoms in total. The zero-order chi connectivity index (χ0) is 16.4. The van der Waals surface area contributed by atoms with Crippen LogP contribution in [0.2, 0.25) is 0 Å². The van der Waals surface area contributed by atoms with Crippen LogP contribution in [0, 0.1) is 17.7 Å². The van der Waals surface area contributed by atoms with Crippen molar-refractivity contribution in [2.75, 3.05) is 13.1 Å². The number of benzene rings is 1. The Morgan fingerprint density at radius 3 is 2.39 bits per heavy atom. The number of halogens is 1. The molecule has 124 valence electrons. The fourth-order valence-electron chi connectivity index (χ4n) is 3.31. The van der Waals surface area contributed by atoms with E-state index in [-0.39, 0.29) is 17.6 Å². The molecule has 4 heteroatoms. The Morgan fingerprint density at radius 1 is 1.22 bits per heavy atom. The molecule has 1 atom stereocenters. The highest BCUT2D eigenvalue weighted by Gasteiger charge is 2.29. The highest BCUT2D eigenvalue weighted by molar-refractivity contribution is 5.88. The molecule has 2 aliphatic rings. The van der Waals surface area contributed by atoms with E-state index in [2.05, 4.69) is 0 Å². The number of rotatable bonds is 4. The van der Waals surface area contributed by atoms with Gasteiger partial charge in [-0.15, -0.1) is 0 Å². The first-order chi connectivity index (χ1) is 11.0. The second kappa shape index (κ2) is 6.83. The van der Waals surface area contributed by atoms with Gasteiger partial charge in [0.25, 0.3) is 0 Å². The predicted molar refractivity (Wildman–Crippen MR) is 87.1 cm³/mol. The van der Waals surface area contributed by atoms with Gasteiger partial charge in [-0.1, -0.05) is 17.7 Å². The van der Waals surface area contributed by atoms with Gasteiger partial charge in [-0.2, -0.15) is 0 Å². The van der Waals surface area contributed by atoms with Crippen molar-refractivity contribution in [3.05, 3.63) is 47.3 Å². The lowest BCUT2D eigenvalue weighted by atomic mass is 9.87. The molecule has 1 aromatic rings. The maximum atomic E-state index is 13.0. The van der Waals surface area contributed by atoms with Crippen LogP contribution in [-0.2, 0) is 4.79 Å². The molecule has 0 radical (unpaired) electrons. The first-order valence-corrected chi connectivity index (χ1v) is 8.45. The molecule has 0 aromatic heterocycles. The summed E-state index contributed by atoms with van der Waals surface area (Å²) >= 11 is 0. The van der Waals surface area contributed by atoms with Crippen LogP contribution in [0.3, 0.4) is 0 Å². The Hall–Kier alpha value is -1.68. The number of aliphatic hydroxyl groups is 1. The van der Waals surface area contributed by atoms with Crippen LogP contribution in [0.4, 0.5) is 4.39 Å². The standard InChI is InChI=1S/C19H24FNO2/c1-13(14-2-3-14)12-18(22)21-10-8-16(9-11-21)19(23)15-4-6-17(20)7-5-15/h4-7,12,14,16,19,23H,2-3,8-11H2,1H3/b13-12-. The largest absolute Gasteiger partial charge is 0.388 e. The highest BCUT2D eigenvalue weighted by Crippen LogP contribution is 2.36. The number of carbonyl (C=O) groups is 1. The van der Waals surface area contributed by atoms with Crippen LogP contribution in [0.25, 0.3) is 0 Å². The van der Waals surface area contributed by atoms with E-state index in [4.69, 9.17) is 0 Å². The Kier molecular flexibility index (Phi) is 4.81. The molecular formula is C19H24FNO2. The van der Waals surface area contributed by atoms with Crippen LogP contribution < -0.4 is 0 Å². The number of piperidine rings is 1. The first-order valence-electron chi connectivity index (χ1n) is 8.45. The summed E-state index contributed by atoms with van der Waals surface area (Å²) in [6.45, 7) is 3.40. The van der Waals surface area contributed by atoms with Crippen molar-refractivity contribution in [1.82, 2.24) is 4.90 Å². The van der Waals surface area contributed by atoms with Crippen LogP contribution in [0.1, 0.15) is 44.3 Å². The van der Waals surface area contributed by atoms with Crippen LogP contribution in [0.5, 0.6) is 0 Å². The number of likely N-dealkylation sites (tertiary alicyclic amines) is 1. The second-order valence-corrected chi connectivity index (χ2v) is 6.82. The Bertz CT molecular complexity index is 584. The van der Waals surface area contributed by atoms with Gasteiger partial charge in [0, 0.05) is 19.2 Å². The zero-order valence-electron chi connectivity index (χ0n) is 13.5. The summed E-state index contributed by atoms with van der Waals surface area (Å²) in [5.74, 6) is 0.554. The molecule has 1 N–H and O–H groups in total. The smallest absolute Gasteiger partial charge is 0.246 e. The fourth-order valence-corrected chi connectivity index (χ4v) is 3.31. The molecule has 1 saturated heterocycles. The van der Waals surface area contributed by atoms with Crippen molar-refractivity contribution in [3.63, 3.8) is 0 Å². The van der Waals surface area contributed by atoms with E-state index in [0.29, 0.717) is 19.0 Å². The number of amides is 1. The zero-order valence-corrected chi connectivity index (χ0v) is 13.5. The van der Waals surface area contributed by atoms with Crippen molar-refractivity contribution >= 4 is 5.91 Å². The Balaban J connectivity index is 1.54. The number of carbonyl (C=O) groups excluding carboxylic acids is 1. The SMILES string of the molecule is C/C(=C/C(=O)N1CCC(C(O)c2ccc(F)cc2)CC1)C1CC1. The normalized spacial score (nSPS) is 21.3. The molecule has 1 heterocycles. The topological polar surface area (TPSA) is 40.5 Å². The Labute approximate surface area is 136 Å². The van der Waals surface area contributed by atoms with Gasteiger partial charge in [0.1, 0.15) is 5.82 Å². The van der Waals surface area contributed by atoms with Crippen molar-refractivity contribution in [3.8, 4) is 0 Å². The van der Waals surface area contributed by atoms with Gasteiger partial charge in [0.05, 0.1) is 6.10 Å². The quantitative estimate of drug-likeness (QED) is 0.864. The predicted octanol–water partition coefficient (Wildman–Crippen LogP) is 3.45. The molecule has 1 aliphatic carbocycles. The summed E-state index contributed by atoms with van der Waals surface area (Å²) in [5.41, 5.74) is 1.95. The summed E-state index contributed by atoms with van der Waals surface area (Å²) in [6, 6.07) is 6.03. The minimum absolute atomic E-state index is 0.101. The van der Waals surface area contributed by atoms with Gasteiger partial charge in [0.2, 0.25) is 5.91 Å². The third kappa shape index (κ3) is 3.99. The number of allylic oxidation sites excluding steroid dienone is 1. The van der Waals surface area contributed by atoms with E-state index in [1.807, 2.05) is 11.8 Å². The number of hydrogen-bond acceptors (Lipinski definition) is 2. The lowest BCUT2D eigenvalue weighted by Crippen LogP contribution is -2.39. The third-order valence-electron chi connectivity index (χ3n) is 5.08. The average molecular weight is 317 g/mol. The lowest BCUT2D eigenvalue weighted by Gasteiger charge is -2.34. The van der Waals surface area contributed by atoms with Crippen LogP contribution in [-0.4, -0.2) is 29.0 Å². The van der Waals surface area contributed by atoms with E-state index < -0.39 is 6.10 Å². The van der Waals surface area contributed by atoms with E-state index in [1.54, 1.807) is 18.2 Å². The molecule has 1 unspecified atom stereocenters. The molecule has 1 saturated carbocycles. The first kappa shape index (κ1) is 16.2. The van der Waals surface area contributed by atoms with E-state index >= 15 is 0 Å². The van der Waals surface area contributed by atoms with Gasteiger partial charge < -0.3 is 10.0 Å². The summed E-state index contributed by atoms with van der Waals surface area (Å²) in [6.07, 6.45) is 5.18. The van der Waals surface area contributed by atoms with E-state index in [0.717, 1.165) is 18.4 Å². The van der Waals surface area contributed by atoms with Gasteiger partial charge in [-0.3, -0.25) is 4.79 Å². The molecule has 1 aromatic carbocycles. The summed E-state index contributed by atoms with van der Waals surface area (Å²) in [5, 5.41) is 10.4. The lowest BCUT2D eigenvalue weighted by molar-refractivity contribution is -0.128. The molecule has 0 bridgehead atoms. The van der Waals surface area contributed by atoms with Gasteiger partial charge >= 0.3 is 0 Å². The molecule has 23 heavy (non-hydrogen) atoms. The van der Waals surface area contributed by atoms with Crippen molar-refractivity contribution < 1.29 is 14.3 Å². The van der Waals surface area contributed by atoms with Gasteiger partial charge in [0.15, 0.2) is 0 Å². The number of hydrogen-bond donors (Lipinski definition) is 1. The Morgan fingerprint density at radius 2 is 1.83 bits per heavy atom. The summed E-state index contributed by atoms with van der Waals surface area (Å²) in [4.78, 5) is 14.1. The average Bonchev–Trinajstić information content (AvgIpc) is 3.40. The number of aliphatic hydroxyl groups excluding tert-OH is 1. The summed E-state index contributed by atoms with van der Waals surface area (Å²) in [7, 11) is 0. The molecule has 3 rings (SSSR count). The van der Waals surface area contributed by atoms with Crippen molar-refractivity contribution in [1.29, 1.82) is 0 Å². The van der Waals surface area contributed by atoms with Crippen LogP contribution in [0.15, 0.2) is 35.9 Å². The molecule has 1 aliphatic heterocycles. The maximum absolute atomic E-state index is 13.0.